The lowest BCUT2D eigenvalue weighted by Crippen LogP contribution is -2.12. The van der Waals surface area contributed by atoms with Crippen molar-refractivity contribution in [3.05, 3.63) is 42.2 Å². The van der Waals surface area contributed by atoms with Crippen LogP contribution < -0.4 is 11.1 Å². The maximum absolute atomic E-state index is 11.8. The van der Waals surface area contributed by atoms with Crippen LogP contribution in [0.4, 0.5) is 11.4 Å². The number of hydrogen-bond donors (Lipinski definition) is 2. The maximum atomic E-state index is 11.8. The number of nitrogens with two attached hydrogens (primary N) is 1. The van der Waals surface area contributed by atoms with Crippen LogP contribution in [0.15, 0.2) is 41.7 Å². The van der Waals surface area contributed by atoms with Gasteiger partial charge in [0.1, 0.15) is 0 Å². The van der Waals surface area contributed by atoms with E-state index in [2.05, 4.69) is 15.3 Å². The first-order valence-electron chi connectivity index (χ1n) is 6.21. The first-order valence-corrected chi connectivity index (χ1v) is 7.20. The van der Waals surface area contributed by atoms with Gasteiger partial charge < -0.3 is 11.1 Å². The molecule has 20 heavy (non-hydrogen) atoms. The maximum Gasteiger partial charge on any atom is 0.225 e. The van der Waals surface area contributed by atoms with Gasteiger partial charge in [-0.2, -0.15) is 0 Å². The number of carbonyl (C=O) groups is 1. The highest BCUT2D eigenvalue weighted by Gasteiger charge is 2.04. The molecule has 0 atom stereocenters. The molecule has 0 aliphatic rings. The summed E-state index contributed by atoms with van der Waals surface area (Å²) in [6.07, 6.45) is 2.12. The Balaban J connectivity index is 1.78. The van der Waals surface area contributed by atoms with Crippen LogP contribution >= 0.6 is 11.8 Å². The fourth-order valence-corrected chi connectivity index (χ4v) is 2.38. The molecule has 5 nitrogen and oxygen atoms in total. The quantitative estimate of drug-likeness (QED) is 0.502. The van der Waals surface area contributed by atoms with Gasteiger partial charge in [-0.25, -0.2) is 9.97 Å². The topological polar surface area (TPSA) is 80.9 Å². The number of rotatable bonds is 5. The largest absolute Gasteiger partial charge is 0.399 e. The Labute approximate surface area is 122 Å². The zero-order chi connectivity index (χ0) is 14.4. The molecule has 2 rings (SSSR count). The van der Waals surface area contributed by atoms with Crippen molar-refractivity contribution >= 4 is 29.0 Å². The standard InChI is InChI=1S/C14H16N4OS/c1-10-5-7-16-14(17-10)20-8-6-13(19)18-12-4-2-3-11(15)9-12/h2-5,7,9H,6,8,15H2,1H3,(H,18,19). The Morgan fingerprint density at radius 3 is 3.00 bits per heavy atom. The van der Waals surface area contributed by atoms with E-state index in [1.54, 1.807) is 24.4 Å². The highest BCUT2D eigenvalue weighted by atomic mass is 32.2. The lowest BCUT2D eigenvalue weighted by molar-refractivity contribution is -0.115. The average molecular weight is 288 g/mol. The molecule has 0 unspecified atom stereocenters. The third-order valence-electron chi connectivity index (χ3n) is 2.50. The Kier molecular flexibility index (Phi) is 4.95. The number of aryl methyl sites for hydroxylation is 1. The number of nitrogen functional groups attached to an aromatic ring is 1. The number of benzene rings is 1. The zero-order valence-electron chi connectivity index (χ0n) is 11.2. The second kappa shape index (κ2) is 6.91. The minimum atomic E-state index is -0.0456. The molecule has 1 aromatic heterocycles. The van der Waals surface area contributed by atoms with Crippen molar-refractivity contribution in [1.29, 1.82) is 0 Å². The molecule has 1 amide bonds. The highest BCUT2D eigenvalue weighted by molar-refractivity contribution is 7.99. The normalized spacial score (nSPS) is 10.2. The molecule has 2 aromatic rings. The summed E-state index contributed by atoms with van der Waals surface area (Å²) in [7, 11) is 0. The van der Waals surface area contributed by atoms with Crippen LogP contribution in [-0.2, 0) is 4.79 Å². The van der Waals surface area contributed by atoms with Crippen LogP contribution in [0.5, 0.6) is 0 Å². The van der Waals surface area contributed by atoms with E-state index in [-0.39, 0.29) is 5.91 Å². The van der Waals surface area contributed by atoms with Gasteiger partial charge in [0.15, 0.2) is 5.16 Å². The number of amides is 1. The summed E-state index contributed by atoms with van der Waals surface area (Å²) >= 11 is 1.47. The van der Waals surface area contributed by atoms with Crippen LogP contribution in [0.2, 0.25) is 0 Å². The molecule has 0 saturated carbocycles. The number of thioether (sulfide) groups is 1. The van der Waals surface area contributed by atoms with Gasteiger partial charge in [0.05, 0.1) is 0 Å². The Bertz CT molecular complexity index is 603. The molecule has 1 heterocycles. The molecule has 0 aliphatic heterocycles. The van der Waals surface area contributed by atoms with Gasteiger partial charge in [0.2, 0.25) is 5.91 Å². The predicted octanol–water partition coefficient (Wildman–Crippen LogP) is 2.49. The molecular formula is C14H16N4OS. The second-order valence-electron chi connectivity index (χ2n) is 4.25. The van der Waals surface area contributed by atoms with Crippen LogP contribution in [-0.4, -0.2) is 21.6 Å². The Morgan fingerprint density at radius 2 is 2.25 bits per heavy atom. The van der Waals surface area contributed by atoms with Crippen LogP contribution in [0.25, 0.3) is 0 Å². The summed E-state index contributed by atoms with van der Waals surface area (Å²) in [4.78, 5) is 20.2. The van der Waals surface area contributed by atoms with Crippen molar-refractivity contribution in [2.24, 2.45) is 0 Å². The van der Waals surface area contributed by atoms with E-state index in [1.165, 1.54) is 11.8 Å². The van der Waals surface area contributed by atoms with Gasteiger partial charge in [-0.3, -0.25) is 4.79 Å². The molecule has 0 spiro atoms. The summed E-state index contributed by atoms with van der Waals surface area (Å²) in [6.45, 7) is 1.91. The van der Waals surface area contributed by atoms with Crippen LogP contribution in [0.1, 0.15) is 12.1 Å². The highest BCUT2D eigenvalue weighted by Crippen LogP contribution is 2.15. The van der Waals surface area contributed by atoms with E-state index in [1.807, 2.05) is 19.1 Å². The minimum Gasteiger partial charge on any atom is -0.399 e. The minimum absolute atomic E-state index is 0.0456. The monoisotopic (exact) mass is 288 g/mol. The fraction of sp³-hybridized carbons (Fsp3) is 0.214. The SMILES string of the molecule is Cc1ccnc(SCCC(=O)Nc2cccc(N)c2)n1. The van der Waals surface area contributed by atoms with E-state index in [9.17, 15) is 4.79 Å². The smallest absolute Gasteiger partial charge is 0.225 e. The molecule has 0 aliphatic carbocycles. The molecule has 1 aromatic carbocycles. The van der Waals surface area contributed by atoms with Gasteiger partial charge in [-0.15, -0.1) is 0 Å². The first-order chi connectivity index (χ1) is 9.63. The van der Waals surface area contributed by atoms with Gasteiger partial charge in [-0.05, 0) is 31.2 Å². The van der Waals surface area contributed by atoms with Gasteiger partial charge >= 0.3 is 0 Å². The fourth-order valence-electron chi connectivity index (χ4n) is 1.57. The van der Waals surface area contributed by atoms with Crippen molar-refractivity contribution in [2.45, 2.75) is 18.5 Å². The van der Waals surface area contributed by atoms with Crippen molar-refractivity contribution in [2.75, 3.05) is 16.8 Å². The third-order valence-corrected chi connectivity index (χ3v) is 3.37. The first kappa shape index (κ1) is 14.3. The van der Waals surface area contributed by atoms with Crippen LogP contribution in [0.3, 0.4) is 0 Å². The lowest BCUT2D eigenvalue weighted by atomic mass is 10.3. The summed E-state index contributed by atoms with van der Waals surface area (Å²) in [6, 6.07) is 8.97. The van der Waals surface area contributed by atoms with E-state index >= 15 is 0 Å². The molecule has 0 radical (unpaired) electrons. The molecule has 3 N–H and O–H groups in total. The average Bonchev–Trinajstić information content (AvgIpc) is 2.38. The number of nitrogens with one attached hydrogen (secondary N) is 1. The van der Waals surface area contributed by atoms with Gasteiger partial charge in [-0.1, -0.05) is 17.8 Å². The number of aromatic nitrogens is 2. The molecular weight excluding hydrogens is 272 g/mol. The summed E-state index contributed by atoms with van der Waals surface area (Å²) in [5.41, 5.74) is 7.92. The number of nitrogens with zero attached hydrogens (tertiary/aromatic N) is 2. The van der Waals surface area contributed by atoms with Gasteiger partial charge in [0, 0.05) is 35.4 Å². The summed E-state index contributed by atoms with van der Waals surface area (Å²) < 4.78 is 0. The van der Waals surface area contributed by atoms with E-state index < -0.39 is 0 Å². The molecule has 0 saturated heterocycles. The van der Waals surface area contributed by atoms with Crippen LogP contribution in [0, 0.1) is 6.92 Å². The molecule has 0 bridgehead atoms. The second-order valence-corrected chi connectivity index (χ2v) is 5.31. The number of carbonyl (C=O) groups excluding carboxylic acids is 1. The number of hydrogen-bond acceptors (Lipinski definition) is 5. The van der Waals surface area contributed by atoms with Crippen molar-refractivity contribution in [3.8, 4) is 0 Å². The van der Waals surface area contributed by atoms with Crippen molar-refractivity contribution in [1.82, 2.24) is 9.97 Å². The lowest BCUT2D eigenvalue weighted by Gasteiger charge is -2.05. The molecule has 6 heteroatoms. The van der Waals surface area contributed by atoms with E-state index in [0.717, 1.165) is 5.69 Å². The van der Waals surface area contributed by atoms with Gasteiger partial charge in [0.25, 0.3) is 0 Å². The van der Waals surface area contributed by atoms with E-state index in [4.69, 9.17) is 5.73 Å². The third kappa shape index (κ3) is 4.55. The Morgan fingerprint density at radius 1 is 1.40 bits per heavy atom. The molecule has 0 fully saturated rings. The summed E-state index contributed by atoms with van der Waals surface area (Å²) in [5, 5.41) is 3.50. The van der Waals surface area contributed by atoms with E-state index in [0.29, 0.717) is 28.7 Å². The van der Waals surface area contributed by atoms with Crippen molar-refractivity contribution in [3.63, 3.8) is 0 Å². The molecule has 104 valence electrons. The zero-order valence-corrected chi connectivity index (χ0v) is 12.0. The summed E-state index contributed by atoms with van der Waals surface area (Å²) in [5.74, 6) is 0.591. The number of anilines is 2. The Hall–Kier alpha value is -2.08. The predicted molar refractivity (Wildman–Crippen MR) is 81.6 cm³/mol. The van der Waals surface area contributed by atoms with Crippen molar-refractivity contribution < 1.29 is 4.79 Å².